The van der Waals surface area contributed by atoms with E-state index in [4.69, 9.17) is 0 Å². The first-order valence-corrected chi connectivity index (χ1v) is 17.2. The van der Waals surface area contributed by atoms with Crippen molar-refractivity contribution in [3.8, 4) is 0 Å². The number of halogens is 6. The van der Waals surface area contributed by atoms with Crippen LogP contribution in [-0.2, 0) is 0 Å². The van der Waals surface area contributed by atoms with Crippen molar-refractivity contribution >= 4 is 94.1 Å². The van der Waals surface area contributed by atoms with E-state index in [1.165, 1.54) is 84.4 Å². The molecule has 4 aliphatic heterocycles. The monoisotopic (exact) mass is 664 g/mol. The van der Waals surface area contributed by atoms with Crippen LogP contribution in [0.5, 0.6) is 0 Å². The van der Waals surface area contributed by atoms with Gasteiger partial charge in [-0.1, -0.05) is 94.1 Å². The fourth-order valence-electron chi connectivity index (χ4n) is 3.75. The lowest BCUT2D eigenvalue weighted by Crippen LogP contribution is -2.49. The molecule has 0 saturated heterocycles. The summed E-state index contributed by atoms with van der Waals surface area (Å²) in [4.78, 5) is 4.50. The molecule has 0 N–H and O–H groups in total. The van der Waals surface area contributed by atoms with Gasteiger partial charge in [0.25, 0.3) is 0 Å². The molecular formula is C23H18F6S8. The minimum absolute atomic E-state index is 0.197. The van der Waals surface area contributed by atoms with Crippen molar-refractivity contribution in [1.29, 1.82) is 0 Å². The maximum Gasteiger partial charge on any atom is 0.380 e. The molecule has 1 aliphatic carbocycles. The van der Waals surface area contributed by atoms with E-state index in [1.54, 1.807) is 0 Å². The van der Waals surface area contributed by atoms with Gasteiger partial charge in [-0.2, -0.15) is 26.3 Å². The molecule has 0 radical (unpaired) electrons. The molecule has 0 bridgehead atoms. The van der Waals surface area contributed by atoms with Gasteiger partial charge in [-0.25, -0.2) is 0 Å². The molecule has 4 heterocycles. The summed E-state index contributed by atoms with van der Waals surface area (Å²) >= 11 is 10.1. The van der Waals surface area contributed by atoms with Crippen molar-refractivity contribution < 1.29 is 26.3 Å². The fraction of sp³-hybridized carbons (Fsp3) is 0.391. The van der Waals surface area contributed by atoms with E-state index in [0.29, 0.717) is 18.3 Å². The number of rotatable bonds is 2. The topological polar surface area (TPSA) is 0 Å². The predicted octanol–water partition coefficient (Wildman–Crippen LogP) is 12.3. The zero-order chi connectivity index (χ0) is 27.2. The molecule has 0 aromatic carbocycles. The van der Waals surface area contributed by atoms with Crippen molar-refractivity contribution in [2.45, 2.75) is 59.3 Å². The Labute approximate surface area is 245 Å². The first kappa shape index (κ1) is 29.1. The summed E-state index contributed by atoms with van der Waals surface area (Å²) in [6, 6.07) is 0. The predicted molar refractivity (Wildman–Crippen MR) is 159 cm³/mol. The summed E-state index contributed by atoms with van der Waals surface area (Å²) in [5, 5.41) is 0. The molecule has 37 heavy (non-hydrogen) atoms. The Morgan fingerprint density at radius 2 is 0.622 bits per heavy atom. The highest BCUT2D eigenvalue weighted by Crippen LogP contribution is 2.71. The second-order valence-electron chi connectivity index (χ2n) is 8.43. The Morgan fingerprint density at radius 1 is 0.378 bits per heavy atom. The van der Waals surface area contributed by atoms with E-state index >= 15 is 17.6 Å². The molecular weight excluding hydrogens is 647 g/mol. The van der Waals surface area contributed by atoms with Crippen LogP contribution in [0.15, 0.2) is 67.3 Å². The first-order chi connectivity index (χ1) is 17.1. The van der Waals surface area contributed by atoms with E-state index in [-0.39, 0.29) is 9.81 Å². The van der Waals surface area contributed by atoms with Gasteiger partial charge < -0.3 is 0 Å². The molecule has 5 rings (SSSR count). The van der Waals surface area contributed by atoms with Gasteiger partial charge in [0, 0.05) is 19.6 Å². The zero-order valence-electron chi connectivity index (χ0n) is 20.0. The molecule has 5 aliphatic rings. The average Bonchev–Trinajstić information content (AvgIpc) is 3.55. The van der Waals surface area contributed by atoms with Gasteiger partial charge in [-0.3, -0.25) is 0 Å². The maximum atomic E-state index is 15.4. The van der Waals surface area contributed by atoms with Crippen molar-refractivity contribution in [3.05, 3.63) is 67.3 Å². The lowest BCUT2D eigenvalue weighted by molar-refractivity contribution is -0.263. The molecule has 0 saturated carbocycles. The Bertz CT molecular complexity index is 1230. The van der Waals surface area contributed by atoms with Crippen molar-refractivity contribution in [2.75, 3.05) is 0 Å². The average molecular weight is 665 g/mol. The number of hydrogen-bond acceptors (Lipinski definition) is 8. The Morgan fingerprint density at radius 3 is 0.919 bits per heavy atom. The SMILES string of the molecule is CC1=C(C)SC(=C2SC(C)=C(C3=C(C4=C(C)SC(=C5SC(C)=C(C)S5)S4)C(F)(F)C(F)(F)C3(F)F)S2)S1. The van der Waals surface area contributed by atoms with Gasteiger partial charge in [-0.05, 0) is 61.2 Å². The largest absolute Gasteiger partial charge is 0.380 e. The minimum atomic E-state index is -5.55. The lowest BCUT2D eigenvalue weighted by Gasteiger charge is -2.26. The van der Waals surface area contributed by atoms with Crippen LogP contribution in [0.4, 0.5) is 26.3 Å². The molecule has 0 spiro atoms. The molecule has 0 fully saturated rings. The van der Waals surface area contributed by atoms with Gasteiger partial charge >= 0.3 is 17.8 Å². The van der Waals surface area contributed by atoms with E-state index in [1.807, 2.05) is 27.7 Å². The van der Waals surface area contributed by atoms with Crippen molar-refractivity contribution in [1.82, 2.24) is 0 Å². The maximum absolute atomic E-state index is 15.4. The van der Waals surface area contributed by atoms with Crippen LogP contribution < -0.4 is 0 Å². The molecule has 0 aromatic rings. The van der Waals surface area contributed by atoms with Gasteiger partial charge in [0.2, 0.25) is 0 Å². The quantitative estimate of drug-likeness (QED) is 0.264. The van der Waals surface area contributed by atoms with Gasteiger partial charge in [-0.15, -0.1) is 0 Å². The van der Waals surface area contributed by atoms with Gasteiger partial charge in [0.05, 0.1) is 28.1 Å². The Kier molecular flexibility index (Phi) is 7.73. The van der Waals surface area contributed by atoms with Crippen molar-refractivity contribution in [3.63, 3.8) is 0 Å². The summed E-state index contributed by atoms with van der Waals surface area (Å²) in [6.45, 7) is 10.8. The van der Waals surface area contributed by atoms with Crippen LogP contribution in [0.3, 0.4) is 0 Å². The first-order valence-electron chi connectivity index (χ1n) is 10.6. The Hall–Kier alpha value is 0.560. The number of alkyl halides is 6. The highest BCUT2D eigenvalue weighted by molar-refractivity contribution is 8.35. The number of allylic oxidation sites excluding steroid dienone is 8. The summed E-state index contributed by atoms with van der Waals surface area (Å²) < 4.78 is 94.5. The van der Waals surface area contributed by atoms with Crippen LogP contribution in [0.2, 0.25) is 0 Å². The van der Waals surface area contributed by atoms with Crippen molar-refractivity contribution in [2.24, 2.45) is 0 Å². The van der Waals surface area contributed by atoms with Crippen LogP contribution in [0, 0.1) is 0 Å². The lowest BCUT2D eigenvalue weighted by atomic mass is 10.1. The third-order valence-corrected chi connectivity index (χ3v) is 17.5. The van der Waals surface area contributed by atoms with Gasteiger partial charge in [0.15, 0.2) is 0 Å². The van der Waals surface area contributed by atoms with Crippen LogP contribution in [0.1, 0.15) is 41.5 Å². The zero-order valence-corrected chi connectivity index (χ0v) is 26.6. The van der Waals surface area contributed by atoms with E-state index < -0.39 is 28.9 Å². The van der Waals surface area contributed by atoms with Crippen LogP contribution >= 0.6 is 94.1 Å². The number of hydrogen-bond donors (Lipinski definition) is 0. The molecule has 14 heteroatoms. The van der Waals surface area contributed by atoms with Crippen LogP contribution in [0.25, 0.3) is 0 Å². The van der Waals surface area contributed by atoms with E-state index in [9.17, 15) is 8.78 Å². The molecule has 0 amide bonds. The van der Waals surface area contributed by atoms with Crippen LogP contribution in [-0.4, -0.2) is 17.8 Å². The second-order valence-corrected chi connectivity index (χ2v) is 18.9. The smallest absolute Gasteiger partial charge is 0.194 e. The van der Waals surface area contributed by atoms with E-state index in [2.05, 4.69) is 0 Å². The summed E-state index contributed by atoms with van der Waals surface area (Å²) in [7, 11) is 0. The molecule has 0 nitrogen and oxygen atoms in total. The number of thioether (sulfide) groups is 8. The summed E-state index contributed by atoms with van der Waals surface area (Å²) in [6.07, 6.45) is 0. The normalized spacial score (nSPS) is 27.6. The summed E-state index contributed by atoms with van der Waals surface area (Å²) in [5.41, 5.74) is -2.48. The molecule has 0 atom stereocenters. The molecule has 200 valence electrons. The van der Waals surface area contributed by atoms with E-state index in [0.717, 1.165) is 51.6 Å². The Balaban J connectivity index is 1.62. The third kappa shape index (κ3) is 4.50. The molecule has 0 aromatic heterocycles. The third-order valence-electron chi connectivity index (χ3n) is 5.95. The fourth-order valence-corrected chi connectivity index (χ4v) is 14.8. The summed E-state index contributed by atoms with van der Waals surface area (Å²) in [5.74, 6) is -15.6. The second kappa shape index (κ2) is 9.84. The molecule has 0 unspecified atom stereocenters. The standard InChI is InChI=1S/C23H18F6S8/c1-7-8(2)31-17(30-7)19-34-11(5)15(36-19)13-14(22(26,27)23(28,29)21(13,24)25)16-12(6)35-20(37-16)18-32-9(3)10(4)33-18/h1-6H3. The minimum Gasteiger partial charge on any atom is -0.194 e. The highest BCUT2D eigenvalue weighted by Gasteiger charge is 2.81. The highest BCUT2D eigenvalue weighted by atomic mass is 32.2. The van der Waals surface area contributed by atoms with Gasteiger partial charge in [0.1, 0.15) is 0 Å².